The van der Waals surface area contributed by atoms with Crippen molar-refractivity contribution in [3.05, 3.63) is 41.7 Å². The highest BCUT2D eigenvalue weighted by atomic mass is 35.5. The van der Waals surface area contributed by atoms with Crippen molar-refractivity contribution in [2.75, 3.05) is 43.0 Å². The van der Waals surface area contributed by atoms with Gasteiger partial charge in [0.05, 0.1) is 6.61 Å². The van der Waals surface area contributed by atoms with E-state index in [2.05, 4.69) is 20.2 Å². The molecule has 1 aromatic heterocycles. The number of nitrogens with zero attached hydrogens (tertiary/aromatic N) is 4. The number of piperazine rings is 1. The molecular weight excluding hydrogens is 342 g/mol. The van der Waals surface area contributed by atoms with Crippen molar-refractivity contribution in [2.24, 2.45) is 0 Å². The second-order valence-electron chi connectivity index (χ2n) is 5.57. The van der Waals surface area contributed by atoms with Gasteiger partial charge < -0.3 is 19.9 Å². The van der Waals surface area contributed by atoms with E-state index in [0.29, 0.717) is 43.6 Å². The molecule has 1 aromatic carbocycles. The average Bonchev–Trinajstić information content (AvgIpc) is 2.62. The second kappa shape index (κ2) is 8.02. The van der Waals surface area contributed by atoms with Crippen LogP contribution in [0.5, 0.6) is 0 Å². The summed E-state index contributed by atoms with van der Waals surface area (Å²) in [5.74, 6) is 1.52. The average molecular weight is 362 g/mol. The molecule has 0 aliphatic carbocycles. The highest BCUT2D eigenvalue weighted by molar-refractivity contribution is 6.30. The number of hydrogen-bond acceptors (Lipinski definition) is 6. The Balaban J connectivity index is 1.63. The number of ether oxygens (including phenoxy) is 1. The lowest BCUT2D eigenvalue weighted by Crippen LogP contribution is -2.49. The van der Waals surface area contributed by atoms with Gasteiger partial charge in [-0.25, -0.2) is 14.8 Å². The van der Waals surface area contributed by atoms with Gasteiger partial charge in [0.2, 0.25) is 0 Å². The van der Waals surface area contributed by atoms with Gasteiger partial charge >= 0.3 is 6.09 Å². The van der Waals surface area contributed by atoms with Gasteiger partial charge in [0.1, 0.15) is 18.0 Å². The molecule has 2 heterocycles. The lowest BCUT2D eigenvalue weighted by molar-refractivity contribution is 0.105. The van der Waals surface area contributed by atoms with Gasteiger partial charge in [-0.3, -0.25) is 0 Å². The highest BCUT2D eigenvalue weighted by Gasteiger charge is 2.22. The predicted molar refractivity (Wildman–Crippen MR) is 97.6 cm³/mol. The molecule has 1 aliphatic heterocycles. The van der Waals surface area contributed by atoms with Crippen molar-refractivity contribution < 1.29 is 9.53 Å². The molecule has 3 rings (SSSR count). The van der Waals surface area contributed by atoms with Gasteiger partial charge in [-0.1, -0.05) is 17.7 Å². The maximum Gasteiger partial charge on any atom is 0.409 e. The Labute approximate surface area is 151 Å². The van der Waals surface area contributed by atoms with Crippen LogP contribution < -0.4 is 10.2 Å². The summed E-state index contributed by atoms with van der Waals surface area (Å²) in [5.41, 5.74) is 0.865. The van der Waals surface area contributed by atoms with Crippen LogP contribution in [0.15, 0.2) is 36.7 Å². The molecule has 0 atom stereocenters. The summed E-state index contributed by atoms with van der Waals surface area (Å²) in [6, 6.07) is 9.34. The summed E-state index contributed by atoms with van der Waals surface area (Å²) in [5, 5.41) is 3.88. The summed E-state index contributed by atoms with van der Waals surface area (Å²) < 4.78 is 5.04. The number of carbonyl (C=O) groups excluding carboxylic acids is 1. The summed E-state index contributed by atoms with van der Waals surface area (Å²) in [7, 11) is 0. The number of hydrogen-bond donors (Lipinski definition) is 1. The van der Waals surface area contributed by atoms with Gasteiger partial charge in [-0.15, -0.1) is 0 Å². The summed E-state index contributed by atoms with van der Waals surface area (Å²) in [6.45, 7) is 4.83. The molecule has 8 heteroatoms. The van der Waals surface area contributed by atoms with Gasteiger partial charge in [0, 0.05) is 43.0 Å². The largest absolute Gasteiger partial charge is 0.450 e. The molecule has 1 N–H and O–H groups in total. The summed E-state index contributed by atoms with van der Waals surface area (Å²) in [4.78, 5) is 24.2. The molecule has 1 fully saturated rings. The van der Waals surface area contributed by atoms with Crippen LogP contribution >= 0.6 is 11.6 Å². The molecule has 0 bridgehead atoms. The van der Waals surface area contributed by atoms with Crippen LogP contribution in [0.1, 0.15) is 6.92 Å². The number of amides is 1. The van der Waals surface area contributed by atoms with E-state index in [4.69, 9.17) is 16.3 Å². The van der Waals surface area contributed by atoms with E-state index in [-0.39, 0.29) is 6.09 Å². The fourth-order valence-corrected chi connectivity index (χ4v) is 2.83. The number of rotatable bonds is 4. The number of carbonyl (C=O) groups is 1. The maximum atomic E-state index is 11.8. The van der Waals surface area contributed by atoms with Crippen LogP contribution in [0, 0.1) is 0 Å². The maximum absolute atomic E-state index is 11.8. The van der Waals surface area contributed by atoms with Gasteiger partial charge in [0.15, 0.2) is 0 Å². The third-order valence-electron chi connectivity index (χ3n) is 3.88. The SMILES string of the molecule is CCOC(=O)N1CCN(c2cc(Nc3cccc(Cl)c3)ncn2)CC1. The zero-order chi connectivity index (χ0) is 17.6. The van der Waals surface area contributed by atoms with Gasteiger partial charge in [-0.2, -0.15) is 0 Å². The first-order valence-corrected chi connectivity index (χ1v) is 8.55. The van der Waals surface area contributed by atoms with E-state index in [1.54, 1.807) is 4.90 Å². The minimum absolute atomic E-state index is 0.256. The zero-order valence-corrected chi connectivity index (χ0v) is 14.7. The van der Waals surface area contributed by atoms with Crippen LogP contribution in [0.4, 0.5) is 22.1 Å². The lowest BCUT2D eigenvalue weighted by atomic mass is 10.3. The lowest BCUT2D eigenvalue weighted by Gasteiger charge is -2.34. The number of aromatic nitrogens is 2. The van der Waals surface area contributed by atoms with E-state index < -0.39 is 0 Å². The number of benzene rings is 1. The first-order chi connectivity index (χ1) is 12.2. The fraction of sp³-hybridized carbons (Fsp3) is 0.353. The van der Waals surface area contributed by atoms with E-state index in [1.165, 1.54) is 6.33 Å². The minimum Gasteiger partial charge on any atom is -0.450 e. The number of anilines is 3. The number of halogens is 1. The molecule has 0 unspecified atom stereocenters. The third kappa shape index (κ3) is 4.51. The van der Waals surface area contributed by atoms with Crippen LogP contribution in [0.2, 0.25) is 5.02 Å². The molecule has 0 saturated carbocycles. The quantitative estimate of drug-likeness (QED) is 0.902. The second-order valence-corrected chi connectivity index (χ2v) is 6.01. The molecular formula is C17H20ClN5O2. The Kier molecular flexibility index (Phi) is 5.55. The van der Waals surface area contributed by atoms with Crippen molar-refractivity contribution >= 4 is 35.0 Å². The normalized spacial score (nSPS) is 14.3. The van der Waals surface area contributed by atoms with Crippen molar-refractivity contribution in [2.45, 2.75) is 6.92 Å². The molecule has 2 aromatic rings. The Bertz CT molecular complexity index is 734. The summed E-state index contributed by atoms with van der Waals surface area (Å²) in [6.07, 6.45) is 1.27. The molecule has 0 spiro atoms. The van der Waals surface area contributed by atoms with Gasteiger partial charge in [-0.05, 0) is 25.1 Å². The van der Waals surface area contributed by atoms with E-state index in [0.717, 1.165) is 11.5 Å². The Morgan fingerprint density at radius 3 is 2.76 bits per heavy atom. The number of nitrogens with one attached hydrogen (secondary N) is 1. The smallest absolute Gasteiger partial charge is 0.409 e. The van der Waals surface area contributed by atoms with Crippen LogP contribution in [-0.2, 0) is 4.74 Å². The molecule has 0 radical (unpaired) electrons. The first kappa shape index (κ1) is 17.3. The molecule has 25 heavy (non-hydrogen) atoms. The summed E-state index contributed by atoms with van der Waals surface area (Å²) >= 11 is 6.00. The Morgan fingerprint density at radius 1 is 1.24 bits per heavy atom. The van der Waals surface area contributed by atoms with E-state index in [1.807, 2.05) is 37.3 Å². The van der Waals surface area contributed by atoms with Crippen molar-refractivity contribution in [1.82, 2.24) is 14.9 Å². The molecule has 7 nitrogen and oxygen atoms in total. The topological polar surface area (TPSA) is 70.6 Å². The first-order valence-electron chi connectivity index (χ1n) is 8.17. The molecule has 1 aliphatic rings. The third-order valence-corrected chi connectivity index (χ3v) is 4.11. The molecule has 1 saturated heterocycles. The van der Waals surface area contributed by atoms with Crippen molar-refractivity contribution in [3.8, 4) is 0 Å². The highest BCUT2D eigenvalue weighted by Crippen LogP contribution is 2.21. The monoisotopic (exact) mass is 361 g/mol. The molecule has 1 amide bonds. The van der Waals surface area contributed by atoms with Gasteiger partial charge in [0.25, 0.3) is 0 Å². The zero-order valence-electron chi connectivity index (χ0n) is 14.0. The van der Waals surface area contributed by atoms with E-state index >= 15 is 0 Å². The fourth-order valence-electron chi connectivity index (χ4n) is 2.64. The van der Waals surface area contributed by atoms with E-state index in [9.17, 15) is 4.79 Å². The van der Waals surface area contributed by atoms with Crippen LogP contribution in [0.3, 0.4) is 0 Å². The van der Waals surface area contributed by atoms with Crippen LogP contribution in [0.25, 0.3) is 0 Å². The Hall–Kier alpha value is -2.54. The van der Waals surface area contributed by atoms with Crippen molar-refractivity contribution in [1.29, 1.82) is 0 Å². The molecule has 132 valence electrons. The van der Waals surface area contributed by atoms with Crippen LogP contribution in [-0.4, -0.2) is 53.7 Å². The minimum atomic E-state index is -0.256. The Morgan fingerprint density at radius 2 is 2.04 bits per heavy atom. The van der Waals surface area contributed by atoms with Crippen molar-refractivity contribution in [3.63, 3.8) is 0 Å². The standard InChI is InChI=1S/C17H20ClN5O2/c1-2-25-17(24)23-8-6-22(7-9-23)16-11-15(19-12-20-16)21-14-5-3-4-13(18)10-14/h3-5,10-12H,2,6-9H2,1H3,(H,19,20,21). The predicted octanol–water partition coefficient (Wildman–Crippen LogP) is 3.15.